The maximum Gasteiger partial charge on any atom is 0.330 e. The van der Waals surface area contributed by atoms with Gasteiger partial charge < -0.3 is 14.6 Å². The molecule has 0 aliphatic rings. The lowest BCUT2D eigenvalue weighted by molar-refractivity contribution is -0.158. The first-order valence-corrected chi connectivity index (χ1v) is 5.49. The smallest absolute Gasteiger partial charge is 0.330 e. The third-order valence-electron chi connectivity index (χ3n) is 1.50. The molecule has 0 rings (SSSR count). The van der Waals surface area contributed by atoms with Gasteiger partial charge in [0, 0.05) is 32.1 Å². The summed E-state index contributed by atoms with van der Waals surface area (Å²) in [6.07, 6.45) is 0.833. The Balaban J connectivity index is 0. The van der Waals surface area contributed by atoms with Crippen LogP contribution in [-0.4, -0.2) is 36.2 Å². The zero-order valence-electron chi connectivity index (χ0n) is 11.0. The second kappa shape index (κ2) is 11.8. The molecule has 1 N–H and O–H groups in total. The highest BCUT2D eigenvalue weighted by atomic mass is 16.6. The van der Waals surface area contributed by atoms with Crippen molar-refractivity contribution in [1.82, 2.24) is 0 Å². The Labute approximate surface area is 107 Å². The van der Waals surface area contributed by atoms with Crippen LogP contribution in [0.2, 0.25) is 0 Å². The number of carbonyl (C=O) groups is 3. The number of carbonyl (C=O) groups excluding carboxylic acids is 2. The van der Waals surface area contributed by atoms with E-state index in [4.69, 9.17) is 9.84 Å². The molecule has 0 saturated carbocycles. The predicted octanol–water partition coefficient (Wildman–Crippen LogP) is 1.54. The van der Waals surface area contributed by atoms with Crippen LogP contribution in [0.3, 0.4) is 0 Å². The molecule has 0 aromatic carbocycles. The molecule has 0 atom stereocenters. The van der Waals surface area contributed by atoms with Crippen molar-refractivity contribution >= 4 is 17.9 Å². The van der Waals surface area contributed by atoms with Gasteiger partial charge in [0.1, 0.15) is 0 Å². The molecule has 0 fully saturated rings. The van der Waals surface area contributed by atoms with E-state index in [2.05, 4.69) is 11.3 Å². The van der Waals surface area contributed by atoms with Crippen molar-refractivity contribution < 1.29 is 29.0 Å². The lowest BCUT2D eigenvalue weighted by atomic mass is 10.3. The molecule has 18 heavy (non-hydrogen) atoms. The monoisotopic (exact) mass is 260 g/mol. The number of rotatable bonds is 6. The highest BCUT2D eigenvalue weighted by molar-refractivity contribution is 5.85. The minimum atomic E-state index is -0.935. The summed E-state index contributed by atoms with van der Waals surface area (Å²) in [7, 11) is 0. The van der Waals surface area contributed by atoms with Crippen molar-refractivity contribution in [2.24, 2.45) is 0 Å². The molecule has 0 bridgehead atoms. The van der Waals surface area contributed by atoms with Crippen LogP contribution in [0.4, 0.5) is 0 Å². The Bertz CT molecular complexity index is 283. The molecule has 0 aliphatic heterocycles. The van der Waals surface area contributed by atoms with Gasteiger partial charge in [0.2, 0.25) is 0 Å². The Morgan fingerprint density at radius 1 is 1.22 bits per heavy atom. The minimum Gasteiger partial charge on any atom is -0.478 e. The summed E-state index contributed by atoms with van der Waals surface area (Å²) < 4.78 is 9.29. The zero-order chi connectivity index (χ0) is 14.6. The molecule has 104 valence electrons. The van der Waals surface area contributed by atoms with Gasteiger partial charge in [-0.1, -0.05) is 6.58 Å². The topological polar surface area (TPSA) is 89.9 Å². The van der Waals surface area contributed by atoms with E-state index >= 15 is 0 Å². The third-order valence-corrected chi connectivity index (χ3v) is 1.50. The molecule has 0 saturated heterocycles. The first kappa shape index (κ1) is 18.7. The molecule has 6 heteroatoms. The van der Waals surface area contributed by atoms with Gasteiger partial charge in [-0.2, -0.15) is 0 Å². The summed E-state index contributed by atoms with van der Waals surface area (Å²) in [5.74, 6) is -1.98. The van der Waals surface area contributed by atoms with Crippen molar-refractivity contribution in [3.63, 3.8) is 0 Å². The second-order valence-electron chi connectivity index (χ2n) is 3.35. The summed E-state index contributed by atoms with van der Waals surface area (Å²) in [5.41, 5.74) is 0.176. The summed E-state index contributed by atoms with van der Waals surface area (Å²) in [6.45, 7) is 8.87. The number of carboxylic acid groups (broad SMARTS) is 1. The normalized spacial score (nSPS) is 8.83. The summed E-state index contributed by atoms with van der Waals surface area (Å²) in [6, 6.07) is 0. The number of esters is 2. The Kier molecular flexibility index (Phi) is 12.2. The molecule has 6 nitrogen and oxygen atoms in total. The maximum atomic E-state index is 10.7. The zero-order valence-corrected chi connectivity index (χ0v) is 11.0. The highest BCUT2D eigenvalue weighted by Crippen LogP contribution is 1.93. The lowest BCUT2D eigenvalue weighted by Crippen LogP contribution is -2.09. The van der Waals surface area contributed by atoms with E-state index in [0.29, 0.717) is 19.6 Å². The van der Waals surface area contributed by atoms with Crippen LogP contribution >= 0.6 is 0 Å². The SMILES string of the molecule is C=C(C)C(=O)O.CCOCCCC(=O)OC(C)=O. The molecule has 0 spiro atoms. The van der Waals surface area contributed by atoms with E-state index in [1.54, 1.807) is 0 Å². The fourth-order valence-electron chi connectivity index (χ4n) is 0.674. The van der Waals surface area contributed by atoms with Gasteiger partial charge in [0.25, 0.3) is 0 Å². The average molecular weight is 260 g/mol. The molecule has 0 aromatic heterocycles. The van der Waals surface area contributed by atoms with E-state index < -0.39 is 17.9 Å². The van der Waals surface area contributed by atoms with E-state index in [1.807, 2.05) is 6.92 Å². The first-order valence-electron chi connectivity index (χ1n) is 5.49. The van der Waals surface area contributed by atoms with Crippen LogP contribution in [0, 0.1) is 0 Å². The number of hydrogen-bond acceptors (Lipinski definition) is 5. The number of aliphatic carboxylic acids is 1. The van der Waals surface area contributed by atoms with E-state index in [9.17, 15) is 14.4 Å². The van der Waals surface area contributed by atoms with Gasteiger partial charge in [-0.05, 0) is 20.3 Å². The largest absolute Gasteiger partial charge is 0.478 e. The van der Waals surface area contributed by atoms with Crippen molar-refractivity contribution in [2.45, 2.75) is 33.6 Å². The quantitative estimate of drug-likeness (QED) is 0.337. The second-order valence-corrected chi connectivity index (χ2v) is 3.35. The van der Waals surface area contributed by atoms with Gasteiger partial charge in [-0.25, -0.2) is 4.79 Å². The fourth-order valence-corrected chi connectivity index (χ4v) is 0.674. The summed E-state index contributed by atoms with van der Waals surface area (Å²) >= 11 is 0. The van der Waals surface area contributed by atoms with Gasteiger partial charge in [-0.15, -0.1) is 0 Å². The van der Waals surface area contributed by atoms with Gasteiger partial charge in [0.15, 0.2) is 0 Å². The molecule has 0 radical (unpaired) electrons. The standard InChI is InChI=1S/C8H14O4.C4H6O2/c1-3-11-6-4-5-8(10)12-7(2)9;1-3(2)4(5)6/h3-6H2,1-2H3;1H2,2H3,(H,5,6). The number of ether oxygens (including phenoxy) is 2. The minimum absolute atomic E-state index is 0.176. The first-order chi connectivity index (χ1) is 8.31. The van der Waals surface area contributed by atoms with Gasteiger partial charge in [0.05, 0.1) is 0 Å². The van der Waals surface area contributed by atoms with Crippen molar-refractivity contribution in [1.29, 1.82) is 0 Å². The van der Waals surface area contributed by atoms with E-state index in [0.717, 1.165) is 0 Å². The third kappa shape index (κ3) is 16.7. The van der Waals surface area contributed by atoms with Crippen LogP contribution in [0.15, 0.2) is 12.2 Å². The molecular formula is C12H20O6. The van der Waals surface area contributed by atoms with Gasteiger partial charge in [-0.3, -0.25) is 9.59 Å². The van der Waals surface area contributed by atoms with Crippen molar-refractivity contribution in [3.05, 3.63) is 12.2 Å². The van der Waals surface area contributed by atoms with E-state index in [-0.39, 0.29) is 12.0 Å². The van der Waals surface area contributed by atoms with Crippen LogP contribution in [-0.2, 0) is 23.9 Å². The summed E-state index contributed by atoms with van der Waals surface area (Å²) in [4.78, 5) is 30.6. The molecule has 0 amide bonds. The predicted molar refractivity (Wildman–Crippen MR) is 64.9 cm³/mol. The summed E-state index contributed by atoms with van der Waals surface area (Å²) in [5, 5.41) is 7.89. The highest BCUT2D eigenvalue weighted by Gasteiger charge is 2.04. The molecular weight excluding hydrogens is 240 g/mol. The Hall–Kier alpha value is -1.69. The van der Waals surface area contributed by atoms with Crippen LogP contribution in [0.25, 0.3) is 0 Å². The molecule has 0 aromatic rings. The van der Waals surface area contributed by atoms with Crippen molar-refractivity contribution in [3.8, 4) is 0 Å². The Morgan fingerprint density at radius 3 is 2.06 bits per heavy atom. The van der Waals surface area contributed by atoms with Crippen LogP contribution in [0.1, 0.15) is 33.6 Å². The fraction of sp³-hybridized carbons (Fsp3) is 0.583. The maximum absolute atomic E-state index is 10.7. The van der Waals surface area contributed by atoms with E-state index in [1.165, 1.54) is 13.8 Å². The van der Waals surface area contributed by atoms with Crippen molar-refractivity contribution in [2.75, 3.05) is 13.2 Å². The molecule has 0 heterocycles. The van der Waals surface area contributed by atoms with Crippen LogP contribution < -0.4 is 0 Å². The molecule has 0 unspecified atom stereocenters. The van der Waals surface area contributed by atoms with Crippen LogP contribution in [0.5, 0.6) is 0 Å². The number of hydrogen-bond donors (Lipinski definition) is 1. The lowest BCUT2D eigenvalue weighted by Gasteiger charge is -2.00. The number of carboxylic acids is 1. The van der Waals surface area contributed by atoms with Gasteiger partial charge >= 0.3 is 17.9 Å². The Morgan fingerprint density at radius 2 is 1.72 bits per heavy atom. The average Bonchev–Trinajstić information content (AvgIpc) is 2.24. The molecule has 0 aliphatic carbocycles.